The number of rotatable bonds is 5. The van der Waals surface area contributed by atoms with Crippen LogP contribution in [0.25, 0.3) is 0 Å². The normalized spacial score (nSPS) is 25.1. The van der Waals surface area contributed by atoms with Gasteiger partial charge in [-0.25, -0.2) is 0 Å². The molecule has 0 unspecified atom stereocenters. The predicted octanol–water partition coefficient (Wildman–Crippen LogP) is 2.41. The van der Waals surface area contributed by atoms with Crippen LogP contribution < -0.4 is 18.9 Å². The lowest BCUT2D eigenvalue weighted by molar-refractivity contribution is 0.0226. The van der Waals surface area contributed by atoms with E-state index in [1.807, 2.05) is 36.4 Å². The standard InChI is InChI=1S/C20H20O7/c21-15-9-23-20(13-2-4-17-19(6-13)27-11-25-17)14(15)8-22-7-12-1-3-16-18(5-12)26-10-24-16/h1-6,14-15,20-21H,7-11H2/t14-,15-,20+/m0/s1. The minimum atomic E-state index is -0.572. The quantitative estimate of drug-likeness (QED) is 0.864. The number of hydrogen-bond acceptors (Lipinski definition) is 7. The highest BCUT2D eigenvalue weighted by Crippen LogP contribution is 2.40. The molecule has 3 aliphatic heterocycles. The molecule has 7 nitrogen and oxygen atoms in total. The van der Waals surface area contributed by atoms with Gasteiger partial charge in [0.2, 0.25) is 13.6 Å². The Labute approximate surface area is 156 Å². The lowest BCUT2D eigenvalue weighted by Crippen LogP contribution is -2.24. The Hall–Kier alpha value is -2.48. The highest BCUT2D eigenvalue weighted by atomic mass is 16.7. The van der Waals surface area contributed by atoms with Crippen LogP contribution in [0.3, 0.4) is 0 Å². The molecule has 1 saturated heterocycles. The summed E-state index contributed by atoms with van der Waals surface area (Å²) in [6.45, 7) is 1.58. The molecule has 27 heavy (non-hydrogen) atoms. The number of fused-ring (bicyclic) bond motifs is 2. The van der Waals surface area contributed by atoms with Crippen LogP contribution in [0.2, 0.25) is 0 Å². The maximum Gasteiger partial charge on any atom is 0.231 e. The number of benzene rings is 2. The molecule has 0 bridgehead atoms. The van der Waals surface area contributed by atoms with Gasteiger partial charge < -0.3 is 33.5 Å². The third kappa shape index (κ3) is 3.18. The van der Waals surface area contributed by atoms with E-state index in [9.17, 15) is 5.11 Å². The van der Waals surface area contributed by atoms with Crippen LogP contribution >= 0.6 is 0 Å². The molecule has 0 radical (unpaired) electrons. The summed E-state index contributed by atoms with van der Waals surface area (Å²) in [5.41, 5.74) is 1.94. The summed E-state index contributed by atoms with van der Waals surface area (Å²) in [7, 11) is 0. The predicted molar refractivity (Wildman–Crippen MR) is 93.0 cm³/mol. The third-order valence-corrected chi connectivity index (χ3v) is 5.07. The maximum atomic E-state index is 10.3. The topological polar surface area (TPSA) is 75.6 Å². The van der Waals surface area contributed by atoms with Crippen LogP contribution in [0.5, 0.6) is 23.0 Å². The van der Waals surface area contributed by atoms with Crippen molar-refractivity contribution in [3.05, 3.63) is 47.5 Å². The van der Waals surface area contributed by atoms with Crippen molar-refractivity contribution in [2.45, 2.75) is 18.8 Å². The van der Waals surface area contributed by atoms with Gasteiger partial charge in [-0.3, -0.25) is 0 Å². The number of aliphatic hydroxyl groups excluding tert-OH is 1. The van der Waals surface area contributed by atoms with Gasteiger partial charge in [-0.15, -0.1) is 0 Å². The first-order chi connectivity index (χ1) is 13.3. The number of hydrogen-bond donors (Lipinski definition) is 1. The van der Waals surface area contributed by atoms with Crippen LogP contribution in [0.1, 0.15) is 17.2 Å². The number of aliphatic hydroxyl groups is 1. The first-order valence-corrected chi connectivity index (χ1v) is 8.93. The highest BCUT2D eigenvalue weighted by molar-refractivity contribution is 5.45. The molecule has 2 aromatic rings. The zero-order valence-corrected chi connectivity index (χ0v) is 14.6. The molecular formula is C20H20O7. The molecule has 142 valence electrons. The van der Waals surface area contributed by atoms with Gasteiger partial charge >= 0.3 is 0 Å². The Morgan fingerprint density at radius 2 is 1.59 bits per heavy atom. The van der Waals surface area contributed by atoms with E-state index in [-0.39, 0.29) is 32.2 Å². The van der Waals surface area contributed by atoms with Crippen molar-refractivity contribution in [2.75, 3.05) is 26.8 Å². The SMILES string of the molecule is O[C@H]1CO[C@H](c2ccc3c(c2)OCO3)[C@H]1COCc1ccc2c(c1)OCO2. The zero-order chi connectivity index (χ0) is 18.2. The molecular weight excluding hydrogens is 352 g/mol. The van der Waals surface area contributed by atoms with Gasteiger partial charge in [0.25, 0.3) is 0 Å². The highest BCUT2D eigenvalue weighted by Gasteiger charge is 2.38. The molecule has 1 N–H and O–H groups in total. The van der Waals surface area contributed by atoms with Crippen molar-refractivity contribution in [3.8, 4) is 23.0 Å². The van der Waals surface area contributed by atoms with E-state index in [4.69, 9.17) is 28.4 Å². The minimum absolute atomic E-state index is 0.153. The summed E-state index contributed by atoms with van der Waals surface area (Å²) in [6, 6.07) is 11.5. The van der Waals surface area contributed by atoms with Gasteiger partial charge in [0.1, 0.15) is 0 Å². The van der Waals surface area contributed by atoms with Gasteiger partial charge in [0.15, 0.2) is 23.0 Å². The van der Waals surface area contributed by atoms with Gasteiger partial charge in [0.05, 0.1) is 32.0 Å². The smallest absolute Gasteiger partial charge is 0.231 e. The van der Waals surface area contributed by atoms with Crippen LogP contribution in [-0.4, -0.2) is 38.0 Å². The second kappa shape index (κ2) is 6.92. The van der Waals surface area contributed by atoms with E-state index in [2.05, 4.69) is 0 Å². The van der Waals surface area contributed by atoms with Gasteiger partial charge in [-0.05, 0) is 35.4 Å². The van der Waals surface area contributed by atoms with E-state index in [0.717, 1.165) is 28.4 Å². The van der Waals surface area contributed by atoms with Crippen molar-refractivity contribution < 1.29 is 33.5 Å². The second-order valence-electron chi connectivity index (χ2n) is 6.80. The first kappa shape index (κ1) is 16.7. The van der Waals surface area contributed by atoms with Gasteiger partial charge in [-0.2, -0.15) is 0 Å². The maximum absolute atomic E-state index is 10.3. The molecule has 0 aromatic heterocycles. The molecule has 3 heterocycles. The Bertz CT molecular complexity index is 837. The van der Waals surface area contributed by atoms with Crippen LogP contribution in [-0.2, 0) is 16.1 Å². The summed E-state index contributed by atoms with van der Waals surface area (Å²) < 4.78 is 33.2. The lowest BCUT2D eigenvalue weighted by atomic mass is 9.94. The average Bonchev–Trinajstić information content (AvgIpc) is 3.41. The average molecular weight is 372 g/mol. The summed E-state index contributed by atoms with van der Waals surface area (Å²) in [4.78, 5) is 0. The van der Waals surface area contributed by atoms with Crippen molar-refractivity contribution >= 4 is 0 Å². The molecule has 3 atom stereocenters. The first-order valence-electron chi connectivity index (χ1n) is 8.93. The molecule has 1 fully saturated rings. The molecule has 0 saturated carbocycles. The largest absolute Gasteiger partial charge is 0.454 e. The fourth-order valence-electron chi connectivity index (χ4n) is 3.63. The Morgan fingerprint density at radius 3 is 2.41 bits per heavy atom. The molecule has 7 heteroatoms. The summed E-state index contributed by atoms with van der Waals surface area (Å²) >= 11 is 0. The van der Waals surface area contributed by atoms with Gasteiger partial charge in [0, 0.05) is 5.92 Å². The Kier molecular flexibility index (Phi) is 4.27. The fraction of sp³-hybridized carbons (Fsp3) is 0.400. The summed E-state index contributed by atoms with van der Waals surface area (Å²) in [5, 5.41) is 10.3. The lowest BCUT2D eigenvalue weighted by Gasteiger charge is -2.21. The van der Waals surface area contributed by atoms with E-state index < -0.39 is 6.10 Å². The van der Waals surface area contributed by atoms with Crippen molar-refractivity contribution in [2.24, 2.45) is 5.92 Å². The molecule has 0 spiro atoms. The molecule has 3 aliphatic rings. The van der Waals surface area contributed by atoms with E-state index in [0.29, 0.717) is 19.0 Å². The zero-order valence-electron chi connectivity index (χ0n) is 14.6. The summed E-state index contributed by atoms with van der Waals surface area (Å²) in [5.74, 6) is 2.77. The third-order valence-electron chi connectivity index (χ3n) is 5.07. The molecule has 2 aromatic carbocycles. The van der Waals surface area contributed by atoms with Crippen LogP contribution in [0, 0.1) is 5.92 Å². The summed E-state index contributed by atoms with van der Waals surface area (Å²) in [6.07, 6.45) is -0.816. The van der Waals surface area contributed by atoms with E-state index in [1.54, 1.807) is 0 Å². The van der Waals surface area contributed by atoms with Crippen LogP contribution in [0.15, 0.2) is 36.4 Å². The van der Waals surface area contributed by atoms with E-state index >= 15 is 0 Å². The minimum Gasteiger partial charge on any atom is -0.454 e. The second-order valence-corrected chi connectivity index (χ2v) is 6.80. The monoisotopic (exact) mass is 372 g/mol. The van der Waals surface area contributed by atoms with Gasteiger partial charge in [-0.1, -0.05) is 12.1 Å². The molecule has 5 rings (SSSR count). The van der Waals surface area contributed by atoms with E-state index in [1.165, 1.54) is 0 Å². The molecule has 0 amide bonds. The number of ether oxygens (including phenoxy) is 6. The molecule has 0 aliphatic carbocycles. The van der Waals surface area contributed by atoms with Crippen molar-refractivity contribution in [1.82, 2.24) is 0 Å². The van der Waals surface area contributed by atoms with Crippen molar-refractivity contribution in [3.63, 3.8) is 0 Å². The fourth-order valence-corrected chi connectivity index (χ4v) is 3.63. The van der Waals surface area contributed by atoms with Crippen LogP contribution in [0.4, 0.5) is 0 Å². The Morgan fingerprint density at radius 1 is 0.889 bits per heavy atom. The Balaban J connectivity index is 1.24. The van der Waals surface area contributed by atoms with Crippen molar-refractivity contribution in [1.29, 1.82) is 0 Å².